The zero-order valence-corrected chi connectivity index (χ0v) is 18.4. The maximum atomic E-state index is 14.4. The molecule has 0 saturated heterocycles. The summed E-state index contributed by atoms with van der Waals surface area (Å²) in [5, 5.41) is 3.25. The fraction of sp³-hybridized carbons (Fsp3) is 0.381. The molecule has 10 heteroatoms. The molecule has 1 aromatic carbocycles. The molecule has 0 amide bonds. The van der Waals surface area contributed by atoms with Crippen LogP contribution in [0.15, 0.2) is 40.3 Å². The van der Waals surface area contributed by atoms with E-state index in [1.165, 1.54) is 11.8 Å². The topological polar surface area (TPSA) is 89.1 Å². The van der Waals surface area contributed by atoms with Crippen molar-refractivity contribution in [3.05, 3.63) is 57.2 Å². The van der Waals surface area contributed by atoms with E-state index in [0.717, 1.165) is 18.4 Å². The second-order valence-electron chi connectivity index (χ2n) is 7.14. The van der Waals surface area contributed by atoms with Gasteiger partial charge in [-0.2, -0.15) is 4.98 Å². The minimum atomic E-state index is -0.837. The van der Waals surface area contributed by atoms with E-state index in [0.29, 0.717) is 13.2 Å². The van der Waals surface area contributed by atoms with Crippen LogP contribution >= 0.6 is 23.4 Å². The van der Waals surface area contributed by atoms with Crippen LogP contribution in [-0.2, 0) is 11.3 Å². The molecular weight excluding hydrogens is 443 g/mol. The van der Waals surface area contributed by atoms with E-state index in [1.54, 1.807) is 6.26 Å². The van der Waals surface area contributed by atoms with Crippen LogP contribution in [0.5, 0.6) is 5.88 Å². The summed E-state index contributed by atoms with van der Waals surface area (Å²) in [6.07, 6.45) is 3.90. The van der Waals surface area contributed by atoms with Crippen molar-refractivity contribution >= 4 is 34.3 Å². The summed E-state index contributed by atoms with van der Waals surface area (Å²) in [5.74, 6) is -0.869. The molecule has 31 heavy (non-hydrogen) atoms. The van der Waals surface area contributed by atoms with Gasteiger partial charge in [0.1, 0.15) is 17.5 Å². The Morgan fingerprint density at radius 1 is 1.29 bits per heavy atom. The van der Waals surface area contributed by atoms with Gasteiger partial charge < -0.3 is 19.8 Å². The van der Waals surface area contributed by atoms with Crippen LogP contribution in [0.1, 0.15) is 18.4 Å². The highest BCUT2D eigenvalue weighted by atomic mass is 35.5. The molecule has 0 bridgehead atoms. The molecule has 2 unspecified atom stereocenters. The Morgan fingerprint density at radius 3 is 2.81 bits per heavy atom. The van der Waals surface area contributed by atoms with Crippen molar-refractivity contribution in [2.75, 3.05) is 19.4 Å². The lowest BCUT2D eigenvalue weighted by Gasteiger charge is -2.37. The maximum absolute atomic E-state index is 14.4. The minimum absolute atomic E-state index is 0.0323. The largest absolute Gasteiger partial charge is 0.476 e. The van der Waals surface area contributed by atoms with E-state index in [2.05, 4.69) is 20.3 Å². The van der Waals surface area contributed by atoms with E-state index in [9.17, 15) is 9.18 Å². The van der Waals surface area contributed by atoms with Gasteiger partial charge in [0.05, 0.1) is 12.7 Å². The third kappa shape index (κ3) is 5.01. The first kappa shape index (κ1) is 22.0. The molecule has 1 aliphatic carbocycles. The van der Waals surface area contributed by atoms with Crippen molar-refractivity contribution in [1.29, 1.82) is 0 Å². The summed E-state index contributed by atoms with van der Waals surface area (Å²) >= 11 is 7.08. The van der Waals surface area contributed by atoms with Gasteiger partial charge in [0.15, 0.2) is 16.1 Å². The highest BCUT2D eigenvalue weighted by Gasteiger charge is 2.31. The molecule has 1 fully saturated rings. The molecule has 2 aromatic heterocycles. The number of pyridine rings is 1. The lowest BCUT2D eigenvalue weighted by atomic mass is 9.89. The maximum Gasteiger partial charge on any atom is 0.265 e. The highest BCUT2D eigenvalue weighted by molar-refractivity contribution is 7.98. The third-order valence-corrected chi connectivity index (χ3v) is 5.99. The molecule has 0 radical (unpaired) electrons. The number of aromatic amines is 1. The van der Waals surface area contributed by atoms with Gasteiger partial charge in [0, 0.05) is 12.6 Å². The fourth-order valence-electron chi connectivity index (χ4n) is 3.37. The van der Waals surface area contributed by atoms with Gasteiger partial charge in [-0.3, -0.25) is 4.79 Å². The fourth-order valence-corrected chi connectivity index (χ4v) is 3.92. The molecule has 1 saturated carbocycles. The Morgan fingerprint density at radius 2 is 2.10 bits per heavy atom. The lowest BCUT2D eigenvalue weighted by molar-refractivity contribution is -0.0364. The summed E-state index contributed by atoms with van der Waals surface area (Å²) in [6, 6.07) is 10.3. The Balaban J connectivity index is 1.34. The number of nitrogens with one attached hydrogen (secondary N) is 2. The molecule has 3 aromatic rings. The Labute approximate surface area is 187 Å². The smallest absolute Gasteiger partial charge is 0.265 e. The minimum Gasteiger partial charge on any atom is -0.476 e. The molecule has 7 nitrogen and oxygen atoms in total. The number of ether oxygens (including phenoxy) is 2. The summed E-state index contributed by atoms with van der Waals surface area (Å²) in [6.45, 7) is 1.33. The van der Waals surface area contributed by atoms with E-state index in [-0.39, 0.29) is 45.8 Å². The van der Waals surface area contributed by atoms with Gasteiger partial charge in [0.25, 0.3) is 5.56 Å². The molecule has 0 spiro atoms. The quantitative estimate of drug-likeness (QED) is 0.216. The zero-order chi connectivity index (χ0) is 21.8. The van der Waals surface area contributed by atoms with Crippen molar-refractivity contribution in [3.63, 3.8) is 0 Å². The molecule has 2 atom stereocenters. The molecule has 1 aliphatic rings. The zero-order valence-electron chi connectivity index (χ0n) is 16.9. The molecule has 2 heterocycles. The van der Waals surface area contributed by atoms with Crippen LogP contribution in [-0.4, -0.2) is 46.5 Å². The molecular formula is C21H22ClFN4O3S. The normalized spacial score (nSPS) is 18.2. The van der Waals surface area contributed by atoms with Crippen molar-refractivity contribution in [1.82, 2.24) is 20.3 Å². The van der Waals surface area contributed by atoms with Gasteiger partial charge in [-0.15, -0.1) is 0 Å². The second-order valence-corrected chi connectivity index (χ2v) is 8.30. The SMILES string of the molecule is CSc1nc2c(F)c(Cl)nc(OCCNC3CCC3OCc3ccccc3)c2c(=O)[nH]1. The average Bonchev–Trinajstić information content (AvgIpc) is 2.76. The van der Waals surface area contributed by atoms with Gasteiger partial charge in [-0.1, -0.05) is 53.7 Å². The Kier molecular flexibility index (Phi) is 7.06. The summed E-state index contributed by atoms with van der Waals surface area (Å²) in [4.78, 5) is 23.0. The van der Waals surface area contributed by atoms with Crippen molar-refractivity contribution in [2.45, 2.75) is 36.8 Å². The number of thioether (sulfide) groups is 1. The van der Waals surface area contributed by atoms with Gasteiger partial charge in [-0.05, 0) is 24.7 Å². The number of nitrogens with zero attached hydrogens (tertiary/aromatic N) is 2. The number of fused-ring (bicyclic) bond motifs is 1. The molecule has 2 N–H and O–H groups in total. The predicted octanol–water partition coefficient (Wildman–Crippen LogP) is 3.55. The van der Waals surface area contributed by atoms with E-state index < -0.39 is 11.4 Å². The lowest BCUT2D eigenvalue weighted by Crippen LogP contribution is -2.50. The van der Waals surface area contributed by atoms with Crippen LogP contribution in [0.3, 0.4) is 0 Å². The third-order valence-electron chi connectivity index (χ3n) is 5.16. The molecule has 0 aliphatic heterocycles. The van der Waals surface area contributed by atoms with Gasteiger partial charge in [0.2, 0.25) is 5.88 Å². The van der Waals surface area contributed by atoms with Crippen LogP contribution in [0, 0.1) is 5.82 Å². The second kappa shape index (κ2) is 9.95. The highest BCUT2D eigenvalue weighted by Crippen LogP contribution is 2.28. The standard InChI is InChI=1S/C21H22ClFN4O3S/c1-31-21-25-17-15(19(28)27-21)20(26-18(22)16(17)23)29-10-9-24-13-7-8-14(13)30-11-12-5-3-2-4-6-12/h2-6,13-14,24H,7-11H2,1H3,(H,25,27,28). The monoisotopic (exact) mass is 464 g/mol. The van der Waals surface area contributed by atoms with Gasteiger partial charge in [-0.25, -0.2) is 9.37 Å². The first-order chi connectivity index (χ1) is 15.1. The van der Waals surface area contributed by atoms with Crippen molar-refractivity contribution in [2.24, 2.45) is 0 Å². The van der Waals surface area contributed by atoms with Crippen molar-refractivity contribution < 1.29 is 13.9 Å². The molecule has 4 rings (SSSR count). The van der Waals surface area contributed by atoms with E-state index in [4.69, 9.17) is 21.1 Å². The van der Waals surface area contributed by atoms with Crippen molar-refractivity contribution in [3.8, 4) is 5.88 Å². The van der Waals surface area contributed by atoms with Crippen LogP contribution in [0.2, 0.25) is 5.15 Å². The number of H-pyrrole nitrogens is 1. The summed E-state index contributed by atoms with van der Waals surface area (Å²) < 4.78 is 26.0. The number of halogens is 2. The molecule has 164 valence electrons. The van der Waals surface area contributed by atoms with E-state index in [1.807, 2.05) is 30.3 Å². The Bertz CT molecular complexity index is 1120. The first-order valence-corrected chi connectivity index (χ1v) is 11.5. The summed E-state index contributed by atoms with van der Waals surface area (Å²) in [7, 11) is 0. The van der Waals surface area contributed by atoms with Crippen LogP contribution in [0.4, 0.5) is 4.39 Å². The number of hydrogen-bond donors (Lipinski definition) is 2. The summed E-state index contributed by atoms with van der Waals surface area (Å²) in [5.41, 5.74) is 0.476. The Hall–Kier alpha value is -2.20. The van der Waals surface area contributed by atoms with Gasteiger partial charge >= 0.3 is 0 Å². The number of hydrogen-bond acceptors (Lipinski definition) is 7. The van der Waals surface area contributed by atoms with Crippen LogP contribution < -0.4 is 15.6 Å². The average molecular weight is 465 g/mol. The van der Waals surface area contributed by atoms with E-state index >= 15 is 0 Å². The number of aromatic nitrogens is 3. The number of benzene rings is 1. The predicted molar refractivity (Wildman–Crippen MR) is 118 cm³/mol. The first-order valence-electron chi connectivity index (χ1n) is 9.91. The number of rotatable bonds is 9. The van der Waals surface area contributed by atoms with Crippen LogP contribution in [0.25, 0.3) is 10.9 Å².